The topological polar surface area (TPSA) is 129 Å². The molecule has 1 heterocycles. The quantitative estimate of drug-likeness (QED) is 0.635. The minimum Gasteiger partial charge on any atom is -0.480 e. The molecule has 1 unspecified atom stereocenters. The molecule has 3 rings (SSSR count). The van der Waals surface area contributed by atoms with Crippen molar-refractivity contribution in [3.05, 3.63) is 34.0 Å². The highest BCUT2D eigenvalue weighted by Crippen LogP contribution is 2.31. The maximum absolute atomic E-state index is 12.7. The van der Waals surface area contributed by atoms with Crippen LogP contribution in [0.2, 0.25) is 0 Å². The third kappa shape index (κ3) is 2.60. The summed E-state index contributed by atoms with van der Waals surface area (Å²) >= 11 is 0. The molecule has 0 radical (unpaired) electrons. The summed E-state index contributed by atoms with van der Waals surface area (Å²) in [6.07, 6.45) is 1.48. The minimum absolute atomic E-state index is 0.00343. The Labute approximate surface area is 130 Å². The molecule has 120 valence electrons. The van der Waals surface area contributed by atoms with E-state index in [2.05, 4.69) is 10.2 Å². The number of hydrogen-bond donors (Lipinski definition) is 2. The van der Waals surface area contributed by atoms with Gasteiger partial charge in [-0.2, -0.15) is 5.10 Å². The highest BCUT2D eigenvalue weighted by atomic mass is 16.6. The molecule has 1 aliphatic rings. The molecule has 1 aromatic carbocycles. The van der Waals surface area contributed by atoms with Gasteiger partial charge in [0.05, 0.1) is 10.4 Å². The number of carboxylic acid groups (broad SMARTS) is 1. The number of non-ortho nitro benzene ring substituents is 1. The molecular weight excluding hydrogens is 304 g/mol. The molecule has 9 nitrogen and oxygen atoms in total. The second kappa shape index (κ2) is 5.34. The summed E-state index contributed by atoms with van der Waals surface area (Å²) in [5, 5.41) is 27.0. The number of hydrogen-bond acceptors (Lipinski definition) is 5. The van der Waals surface area contributed by atoms with Gasteiger partial charge in [0.2, 0.25) is 0 Å². The van der Waals surface area contributed by atoms with Gasteiger partial charge in [0.1, 0.15) is 6.04 Å². The molecule has 1 aromatic heterocycles. The number of nitro groups is 1. The number of amides is 1. The average molecular weight is 318 g/mol. The predicted molar refractivity (Wildman–Crippen MR) is 79.0 cm³/mol. The largest absolute Gasteiger partial charge is 0.480 e. The SMILES string of the molecule is CC(C(=O)O)N(C(=O)c1n[nH]c2ccc([N+](=O)[O-])cc12)C1CC1. The zero-order chi connectivity index (χ0) is 16.7. The van der Waals surface area contributed by atoms with Gasteiger partial charge in [0.15, 0.2) is 5.69 Å². The fourth-order valence-electron chi connectivity index (χ4n) is 2.53. The van der Waals surface area contributed by atoms with Crippen LogP contribution in [0.5, 0.6) is 0 Å². The number of carbonyl (C=O) groups is 2. The van der Waals surface area contributed by atoms with E-state index in [0.29, 0.717) is 10.9 Å². The molecule has 1 saturated carbocycles. The summed E-state index contributed by atoms with van der Waals surface area (Å²) in [6, 6.07) is 2.94. The number of fused-ring (bicyclic) bond motifs is 1. The lowest BCUT2D eigenvalue weighted by Crippen LogP contribution is -2.44. The Balaban J connectivity index is 2.04. The number of aromatic amines is 1. The van der Waals surface area contributed by atoms with Gasteiger partial charge >= 0.3 is 5.97 Å². The summed E-state index contributed by atoms with van der Waals surface area (Å²) < 4.78 is 0. The van der Waals surface area contributed by atoms with Gasteiger partial charge in [-0.3, -0.25) is 20.0 Å². The first-order chi connectivity index (χ1) is 10.9. The normalized spacial score (nSPS) is 15.3. The Kier molecular flexibility index (Phi) is 3.47. The number of carbonyl (C=O) groups excluding carboxylic acids is 1. The van der Waals surface area contributed by atoms with Crippen LogP contribution in [0.4, 0.5) is 5.69 Å². The minimum atomic E-state index is -1.10. The second-order valence-corrected chi connectivity index (χ2v) is 5.52. The Morgan fingerprint density at radius 3 is 2.74 bits per heavy atom. The molecule has 0 saturated heterocycles. The molecule has 1 amide bonds. The van der Waals surface area contributed by atoms with Gasteiger partial charge in [-0.05, 0) is 25.8 Å². The Bertz CT molecular complexity index is 811. The highest BCUT2D eigenvalue weighted by molar-refractivity contribution is 6.06. The van der Waals surface area contributed by atoms with E-state index in [4.69, 9.17) is 0 Å². The maximum Gasteiger partial charge on any atom is 0.326 e. The number of H-pyrrole nitrogens is 1. The zero-order valence-electron chi connectivity index (χ0n) is 12.2. The highest BCUT2D eigenvalue weighted by Gasteiger charge is 2.40. The number of aromatic nitrogens is 2. The summed E-state index contributed by atoms with van der Waals surface area (Å²) in [5.74, 6) is -1.63. The van der Waals surface area contributed by atoms with Crippen molar-refractivity contribution >= 4 is 28.5 Å². The fourth-order valence-corrected chi connectivity index (χ4v) is 2.53. The molecule has 1 aliphatic carbocycles. The van der Waals surface area contributed by atoms with Crippen molar-refractivity contribution in [2.45, 2.75) is 31.8 Å². The zero-order valence-corrected chi connectivity index (χ0v) is 12.2. The summed E-state index contributed by atoms with van der Waals surface area (Å²) in [7, 11) is 0. The van der Waals surface area contributed by atoms with Crippen molar-refractivity contribution in [3.8, 4) is 0 Å². The van der Waals surface area contributed by atoms with E-state index in [0.717, 1.165) is 12.8 Å². The summed E-state index contributed by atoms with van der Waals surface area (Å²) in [4.78, 5) is 35.6. The van der Waals surface area contributed by atoms with Crippen LogP contribution < -0.4 is 0 Å². The molecule has 0 spiro atoms. The lowest BCUT2D eigenvalue weighted by atomic mass is 10.1. The molecule has 1 fully saturated rings. The Morgan fingerprint density at radius 2 is 2.17 bits per heavy atom. The van der Waals surface area contributed by atoms with Crippen LogP contribution in [0.3, 0.4) is 0 Å². The van der Waals surface area contributed by atoms with Crippen molar-refractivity contribution in [2.24, 2.45) is 0 Å². The van der Waals surface area contributed by atoms with Gasteiger partial charge in [-0.15, -0.1) is 0 Å². The molecule has 0 bridgehead atoms. The number of aliphatic carboxylic acids is 1. The number of nitrogens with zero attached hydrogens (tertiary/aromatic N) is 3. The average Bonchev–Trinajstić information content (AvgIpc) is 3.24. The first kappa shape index (κ1) is 14.9. The van der Waals surface area contributed by atoms with E-state index in [9.17, 15) is 24.8 Å². The van der Waals surface area contributed by atoms with Gasteiger partial charge in [0, 0.05) is 23.6 Å². The first-order valence-electron chi connectivity index (χ1n) is 7.08. The standard InChI is InChI=1S/C14H14N4O5/c1-7(14(20)21)17(8-2-3-8)13(19)12-10-6-9(18(22)23)4-5-11(10)15-16-12/h4-8H,2-3H2,1H3,(H,15,16)(H,20,21). The predicted octanol–water partition coefficient (Wildman–Crippen LogP) is 1.55. The molecule has 9 heteroatoms. The van der Waals surface area contributed by atoms with Crippen molar-refractivity contribution < 1.29 is 19.6 Å². The van der Waals surface area contributed by atoms with E-state index < -0.39 is 22.8 Å². The molecule has 2 N–H and O–H groups in total. The number of benzene rings is 1. The van der Waals surface area contributed by atoms with E-state index in [-0.39, 0.29) is 17.4 Å². The Hall–Kier alpha value is -2.97. The van der Waals surface area contributed by atoms with Crippen LogP contribution >= 0.6 is 0 Å². The van der Waals surface area contributed by atoms with Crippen molar-refractivity contribution in [1.82, 2.24) is 15.1 Å². The first-order valence-corrected chi connectivity index (χ1v) is 7.08. The van der Waals surface area contributed by atoms with E-state index in [1.54, 1.807) is 0 Å². The molecule has 2 aromatic rings. The van der Waals surface area contributed by atoms with Crippen LogP contribution in [0.25, 0.3) is 10.9 Å². The van der Waals surface area contributed by atoms with Gasteiger partial charge in [0.25, 0.3) is 11.6 Å². The van der Waals surface area contributed by atoms with Crippen molar-refractivity contribution in [3.63, 3.8) is 0 Å². The van der Waals surface area contributed by atoms with Crippen molar-refractivity contribution in [2.75, 3.05) is 0 Å². The van der Waals surface area contributed by atoms with Gasteiger partial charge in [-0.25, -0.2) is 4.79 Å². The van der Waals surface area contributed by atoms with E-state index in [1.807, 2.05) is 0 Å². The number of rotatable bonds is 5. The number of nitrogens with one attached hydrogen (secondary N) is 1. The van der Waals surface area contributed by atoms with Gasteiger partial charge < -0.3 is 10.0 Å². The lowest BCUT2D eigenvalue weighted by molar-refractivity contribution is -0.384. The van der Waals surface area contributed by atoms with E-state index in [1.165, 1.54) is 30.0 Å². The molecule has 0 aliphatic heterocycles. The van der Waals surface area contributed by atoms with Crippen molar-refractivity contribution in [1.29, 1.82) is 0 Å². The molecule has 1 atom stereocenters. The monoisotopic (exact) mass is 318 g/mol. The van der Waals surface area contributed by atoms with Crippen LogP contribution in [0.1, 0.15) is 30.3 Å². The molecular formula is C14H14N4O5. The fraction of sp³-hybridized carbons (Fsp3) is 0.357. The third-order valence-corrected chi connectivity index (χ3v) is 3.91. The molecule has 23 heavy (non-hydrogen) atoms. The summed E-state index contributed by atoms with van der Waals surface area (Å²) in [6.45, 7) is 1.44. The van der Waals surface area contributed by atoms with Crippen LogP contribution in [0, 0.1) is 10.1 Å². The van der Waals surface area contributed by atoms with E-state index >= 15 is 0 Å². The van der Waals surface area contributed by atoms with Crippen LogP contribution in [-0.2, 0) is 4.79 Å². The smallest absolute Gasteiger partial charge is 0.326 e. The van der Waals surface area contributed by atoms with Crippen LogP contribution in [-0.4, -0.2) is 49.1 Å². The lowest BCUT2D eigenvalue weighted by Gasteiger charge is -2.25. The summed E-state index contributed by atoms with van der Waals surface area (Å²) in [5.41, 5.74) is 0.332. The van der Waals surface area contributed by atoms with Crippen LogP contribution in [0.15, 0.2) is 18.2 Å². The van der Waals surface area contributed by atoms with Gasteiger partial charge in [-0.1, -0.05) is 0 Å². The second-order valence-electron chi connectivity index (χ2n) is 5.52. The Morgan fingerprint density at radius 1 is 1.48 bits per heavy atom. The maximum atomic E-state index is 12.7. The number of nitro benzene ring substituents is 1. The third-order valence-electron chi connectivity index (χ3n) is 3.91. The number of carboxylic acids is 1.